The third kappa shape index (κ3) is 8.23. The van der Waals surface area contributed by atoms with Crippen LogP contribution in [0.5, 0.6) is 0 Å². The lowest BCUT2D eigenvalue weighted by Gasteiger charge is -2.14. The molecule has 0 rings (SSSR count). The fourth-order valence-electron chi connectivity index (χ4n) is 0.550. The van der Waals surface area contributed by atoms with Gasteiger partial charge in [-0.05, 0) is 17.8 Å². The number of rotatable bonds is 8. The van der Waals surface area contributed by atoms with Crippen molar-refractivity contribution in [3.05, 3.63) is 23.4 Å². The fraction of sp³-hybridized carbons (Fsp3) is 0.500. The third-order valence-electron chi connectivity index (χ3n) is 1.07. The van der Waals surface area contributed by atoms with Gasteiger partial charge in [0.15, 0.2) is 0 Å². The Morgan fingerprint density at radius 3 is 2.73 bits per heavy atom. The zero-order chi connectivity index (χ0) is 11.7. The third-order valence-corrected chi connectivity index (χ3v) is 4.79. The Balaban J connectivity index is 4.32. The molecule has 0 aromatic rings. The second-order valence-electron chi connectivity index (χ2n) is 2.38. The monoisotopic (exact) mass is 290 g/mol. The van der Waals surface area contributed by atoms with Crippen LogP contribution in [0.25, 0.3) is 0 Å². The van der Waals surface area contributed by atoms with Gasteiger partial charge in [-0.25, -0.2) is 4.57 Å². The molecule has 1 unspecified atom stereocenters. The van der Waals surface area contributed by atoms with E-state index in [0.29, 0.717) is 12.4 Å². The smallest absolute Gasteiger partial charge is 0.422 e. The summed E-state index contributed by atoms with van der Waals surface area (Å²) < 4.78 is 21.9. The van der Waals surface area contributed by atoms with E-state index in [-0.39, 0.29) is 4.49 Å². The quantitative estimate of drug-likeness (QED) is 0.368. The molecule has 3 nitrogen and oxygen atoms in total. The van der Waals surface area contributed by atoms with Gasteiger partial charge in [-0.2, -0.15) is 0 Å². The van der Waals surface area contributed by atoms with E-state index in [4.69, 9.17) is 32.2 Å². The minimum Gasteiger partial charge on any atom is -0.422 e. The van der Waals surface area contributed by atoms with Crippen molar-refractivity contribution >= 4 is 41.4 Å². The van der Waals surface area contributed by atoms with Crippen LogP contribution in [-0.2, 0) is 13.6 Å². The van der Waals surface area contributed by atoms with E-state index in [2.05, 4.69) is 6.58 Å². The van der Waals surface area contributed by atoms with Gasteiger partial charge in [0, 0.05) is 5.75 Å². The first-order valence-corrected chi connectivity index (χ1v) is 8.12. The van der Waals surface area contributed by atoms with Gasteiger partial charge in [0.1, 0.15) is 10.8 Å². The Kier molecular flexibility index (Phi) is 8.77. The normalized spacial score (nSPS) is 14.1. The van der Waals surface area contributed by atoms with Gasteiger partial charge >= 0.3 is 6.80 Å². The van der Waals surface area contributed by atoms with Crippen molar-refractivity contribution in [3.63, 3.8) is 0 Å². The molecule has 0 bridgehead atoms. The summed E-state index contributed by atoms with van der Waals surface area (Å²) in [5, 5.41) is 0. The van der Waals surface area contributed by atoms with E-state index in [1.165, 1.54) is 0 Å². The molecule has 15 heavy (non-hydrogen) atoms. The first-order valence-electron chi connectivity index (χ1n) is 4.23. The molecule has 0 saturated heterocycles. The van der Waals surface area contributed by atoms with Gasteiger partial charge in [0.2, 0.25) is 0 Å². The highest BCUT2D eigenvalue weighted by Gasteiger charge is 2.24. The maximum Gasteiger partial charge on any atom is 0.439 e. The molecule has 0 aromatic heterocycles. The van der Waals surface area contributed by atoms with E-state index in [1.807, 2.05) is 6.92 Å². The molecule has 0 amide bonds. The summed E-state index contributed by atoms with van der Waals surface area (Å²) >= 11 is 11.7. The Morgan fingerprint density at radius 1 is 1.60 bits per heavy atom. The van der Waals surface area contributed by atoms with Gasteiger partial charge in [0.25, 0.3) is 0 Å². The van der Waals surface area contributed by atoms with Crippen LogP contribution in [0, 0.1) is 0 Å². The van der Waals surface area contributed by atoms with E-state index in [0.717, 1.165) is 24.1 Å². The van der Waals surface area contributed by atoms with Crippen molar-refractivity contribution in [2.24, 2.45) is 0 Å². The maximum absolute atomic E-state index is 11.9. The summed E-state index contributed by atoms with van der Waals surface area (Å²) in [4.78, 5) is 0. The molecule has 0 spiro atoms. The summed E-state index contributed by atoms with van der Waals surface area (Å²) in [5.41, 5.74) is 0. The summed E-state index contributed by atoms with van der Waals surface area (Å²) in [5.74, 6) is 0.467. The molecular formula is C8H13Cl2O3PS. The summed E-state index contributed by atoms with van der Waals surface area (Å²) in [6.07, 6.45) is 3.37. The van der Waals surface area contributed by atoms with Crippen LogP contribution in [0.2, 0.25) is 0 Å². The van der Waals surface area contributed by atoms with Crippen molar-refractivity contribution in [1.29, 1.82) is 0 Å². The summed E-state index contributed by atoms with van der Waals surface area (Å²) in [7, 11) is 0. The van der Waals surface area contributed by atoms with Crippen LogP contribution in [0.3, 0.4) is 0 Å². The molecule has 0 fully saturated rings. The summed E-state index contributed by atoms with van der Waals surface area (Å²) in [6.45, 7) is 2.58. The topological polar surface area (TPSA) is 35.5 Å². The molecule has 0 saturated carbocycles. The Hall–Kier alpha value is 0.400. The van der Waals surface area contributed by atoms with E-state index < -0.39 is 6.80 Å². The highest BCUT2D eigenvalue weighted by molar-refractivity contribution is 8.55. The molecule has 7 heteroatoms. The van der Waals surface area contributed by atoms with E-state index >= 15 is 0 Å². The lowest BCUT2D eigenvalue weighted by molar-refractivity contribution is 0.266. The average Bonchev–Trinajstić information content (AvgIpc) is 2.21. The maximum atomic E-state index is 11.9. The van der Waals surface area contributed by atoms with Crippen molar-refractivity contribution in [2.45, 2.75) is 13.3 Å². The predicted molar refractivity (Wildman–Crippen MR) is 67.4 cm³/mol. The van der Waals surface area contributed by atoms with Crippen molar-refractivity contribution in [2.75, 3.05) is 12.4 Å². The van der Waals surface area contributed by atoms with E-state index in [9.17, 15) is 4.57 Å². The first kappa shape index (κ1) is 15.4. The first-order chi connectivity index (χ1) is 7.04. The van der Waals surface area contributed by atoms with Crippen molar-refractivity contribution in [3.8, 4) is 0 Å². The number of hydrogen-bond donors (Lipinski definition) is 0. The fourth-order valence-corrected chi connectivity index (χ4v) is 3.51. The summed E-state index contributed by atoms with van der Waals surface area (Å²) in [6, 6.07) is 0. The molecule has 0 heterocycles. The highest BCUT2D eigenvalue weighted by atomic mass is 35.5. The zero-order valence-corrected chi connectivity index (χ0v) is 11.5. The van der Waals surface area contributed by atoms with Gasteiger partial charge < -0.3 is 4.52 Å². The standard InChI is InChI=1S/C8H13Cl2O3PS/c1-3-5-12-14(11,15-6-4-2)13-7-8(9)10/h4,7H,2-3,5-6H2,1H3. The molecule has 0 N–H and O–H groups in total. The molecular weight excluding hydrogens is 278 g/mol. The van der Waals surface area contributed by atoms with Crippen LogP contribution in [0.15, 0.2) is 23.4 Å². The van der Waals surface area contributed by atoms with Crippen LogP contribution in [0.1, 0.15) is 13.3 Å². The highest BCUT2D eigenvalue weighted by Crippen LogP contribution is 2.61. The Labute approximate surface area is 104 Å². The number of hydrogen-bond acceptors (Lipinski definition) is 4. The van der Waals surface area contributed by atoms with Crippen LogP contribution >= 0.6 is 41.4 Å². The molecule has 88 valence electrons. The van der Waals surface area contributed by atoms with Gasteiger partial charge in [-0.3, -0.25) is 4.52 Å². The SMILES string of the molecule is C=CCSP(=O)(OC=C(Cl)Cl)OCCC. The molecule has 0 aliphatic heterocycles. The van der Waals surface area contributed by atoms with Crippen LogP contribution in [0.4, 0.5) is 0 Å². The molecule has 0 aromatic carbocycles. The minimum atomic E-state index is -3.21. The zero-order valence-electron chi connectivity index (χ0n) is 8.32. The van der Waals surface area contributed by atoms with Crippen molar-refractivity contribution < 1.29 is 13.6 Å². The largest absolute Gasteiger partial charge is 0.439 e. The van der Waals surface area contributed by atoms with Gasteiger partial charge in [-0.15, -0.1) is 6.58 Å². The second-order valence-corrected chi connectivity index (χ2v) is 7.46. The van der Waals surface area contributed by atoms with Gasteiger partial charge in [0.05, 0.1) is 6.61 Å². The molecule has 1 atom stereocenters. The van der Waals surface area contributed by atoms with Crippen LogP contribution < -0.4 is 0 Å². The Bertz CT molecular complexity index is 267. The average molecular weight is 291 g/mol. The minimum absolute atomic E-state index is 0.102. The lowest BCUT2D eigenvalue weighted by atomic mass is 10.5. The molecule has 0 radical (unpaired) electrons. The van der Waals surface area contributed by atoms with E-state index in [1.54, 1.807) is 6.08 Å². The molecule has 0 aliphatic rings. The lowest BCUT2D eigenvalue weighted by Crippen LogP contribution is -1.91. The number of halogens is 2. The van der Waals surface area contributed by atoms with Crippen LogP contribution in [-0.4, -0.2) is 12.4 Å². The molecule has 0 aliphatic carbocycles. The second kappa shape index (κ2) is 8.54. The predicted octanol–water partition coefficient (Wildman–Crippen LogP) is 4.73. The van der Waals surface area contributed by atoms with Crippen molar-refractivity contribution in [1.82, 2.24) is 0 Å². The Morgan fingerprint density at radius 2 is 2.27 bits per heavy atom. The van der Waals surface area contributed by atoms with Gasteiger partial charge in [-0.1, -0.05) is 36.2 Å².